The van der Waals surface area contributed by atoms with Crippen molar-refractivity contribution in [2.45, 2.75) is 25.7 Å². The molecule has 1 aromatic heterocycles. The van der Waals surface area contributed by atoms with Crippen LogP contribution in [0.5, 0.6) is 0 Å². The first-order chi connectivity index (χ1) is 7.29. The molecule has 0 amide bonds. The smallest absolute Gasteiger partial charge is 0.0971 e. The van der Waals surface area contributed by atoms with Crippen molar-refractivity contribution in [1.82, 2.24) is 9.88 Å². The van der Waals surface area contributed by atoms with Crippen LogP contribution >= 0.6 is 23.7 Å². The van der Waals surface area contributed by atoms with Crippen LogP contribution in [0, 0.1) is 6.92 Å². The van der Waals surface area contributed by atoms with Gasteiger partial charge in [0.2, 0.25) is 0 Å². The van der Waals surface area contributed by atoms with Gasteiger partial charge in [0.25, 0.3) is 0 Å². The highest BCUT2D eigenvalue weighted by Gasteiger charge is 2.22. The maximum absolute atomic E-state index is 5.59. The molecule has 2 heterocycles. The number of rotatable bonds is 3. The molecule has 5 heteroatoms. The summed E-state index contributed by atoms with van der Waals surface area (Å²) < 4.78 is 0. The minimum atomic E-state index is 0. The molecule has 0 radical (unpaired) electrons. The van der Waals surface area contributed by atoms with Gasteiger partial charge < -0.3 is 10.6 Å². The van der Waals surface area contributed by atoms with E-state index in [1.54, 1.807) is 0 Å². The van der Waals surface area contributed by atoms with Gasteiger partial charge in [0.1, 0.15) is 0 Å². The number of aryl methyl sites for hydroxylation is 1. The fraction of sp³-hybridized carbons (Fsp3) is 0.727. The number of nitrogens with two attached hydrogens (primary N) is 1. The monoisotopic (exact) mass is 261 g/mol. The highest BCUT2D eigenvalue weighted by Crippen LogP contribution is 2.28. The van der Waals surface area contributed by atoms with Crippen LogP contribution in [0.4, 0.5) is 0 Å². The van der Waals surface area contributed by atoms with E-state index in [0.717, 1.165) is 25.3 Å². The molecule has 0 aromatic carbocycles. The van der Waals surface area contributed by atoms with Gasteiger partial charge >= 0.3 is 0 Å². The van der Waals surface area contributed by atoms with E-state index in [9.17, 15) is 0 Å². The summed E-state index contributed by atoms with van der Waals surface area (Å²) in [6.45, 7) is 6.22. The number of likely N-dealkylation sites (tertiary alicyclic amines) is 1. The Bertz CT molecular complexity index is 314. The number of piperidine rings is 1. The zero-order valence-electron chi connectivity index (χ0n) is 9.69. The largest absolute Gasteiger partial charge is 0.329 e. The standard InChI is InChI=1S/C11H19N3S.ClH/c1-9-8-15-11(13-9)10-3-2-5-14(7-10)6-4-12;/h8,10H,2-7,12H2,1H3;1H. The summed E-state index contributed by atoms with van der Waals surface area (Å²) in [6.07, 6.45) is 2.57. The summed E-state index contributed by atoms with van der Waals surface area (Å²) in [7, 11) is 0. The molecule has 3 nitrogen and oxygen atoms in total. The van der Waals surface area contributed by atoms with E-state index in [-0.39, 0.29) is 12.4 Å². The van der Waals surface area contributed by atoms with Gasteiger partial charge in [-0.15, -0.1) is 23.7 Å². The van der Waals surface area contributed by atoms with Crippen LogP contribution in [-0.2, 0) is 0 Å². The lowest BCUT2D eigenvalue weighted by molar-refractivity contribution is 0.213. The molecule has 1 atom stereocenters. The normalized spacial score (nSPS) is 21.8. The van der Waals surface area contributed by atoms with Crippen molar-refractivity contribution in [3.05, 3.63) is 16.1 Å². The van der Waals surface area contributed by atoms with Crippen molar-refractivity contribution in [2.24, 2.45) is 5.73 Å². The molecule has 1 saturated heterocycles. The van der Waals surface area contributed by atoms with Gasteiger partial charge in [0.15, 0.2) is 0 Å². The molecule has 1 aromatic rings. The minimum Gasteiger partial charge on any atom is -0.329 e. The molecule has 0 spiro atoms. The van der Waals surface area contributed by atoms with Crippen LogP contribution in [-0.4, -0.2) is 36.1 Å². The SMILES string of the molecule is Cc1csc(C2CCCN(CCN)C2)n1.Cl. The van der Waals surface area contributed by atoms with E-state index in [1.807, 2.05) is 11.3 Å². The molecular weight excluding hydrogens is 242 g/mol. The van der Waals surface area contributed by atoms with E-state index < -0.39 is 0 Å². The highest BCUT2D eigenvalue weighted by molar-refractivity contribution is 7.09. The Morgan fingerprint density at radius 1 is 1.62 bits per heavy atom. The molecule has 16 heavy (non-hydrogen) atoms. The predicted molar refractivity (Wildman–Crippen MR) is 71.6 cm³/mol. The van der Waals surface area contributed by atoms with Gasteiger partial charge in [-0.2, -0.15) is 0 Å². The fourth-order valence-corrected chi connectivity index (χ4v) is 3.13. The number of halogens is 1. The molecular formula is C11H20ClN3S. The second kappa shape index (κ2) is 6.55. The van der Waals surface area contributed by atoms with Crippen molar-refractivity contribution in [3.8, 4) is 0 Å². The summed E-state index contributed by atoms with van der Waals surface area (Å²) >= 11 is 1.81. The van der Waals surface area contributed by atoms with E-state index in [2.05, 4.69) is 22.2 Å². The molecule has 2 N–H and O–H groups in total. The van der Waals surface area contributed by atoms with Crippen LogP contribution < -0.4 is 5.73 Å². The van der Waals surface area contributed by atoms with Gasteiger partial charge in [-0.1, -0.05) is 0 Å². The van der Waals surface area contributed by atoms with Crippen molar-refractivity contribution in [3.63, 3.8) is 0 Å². The molecule has 1 aliphatic heterocycles. The van der Waals surface area contributed by atoms with E-state index >= 15 is 0 Å². The van der Waals surface area contributed by atoms with Crippen LogP contribution in [0.15, 0.2) is 5.38 Å². The Kier molecular flexibility index (Phi) is 5.69. The van der Waals surface area contributed by atoms with Crippen molar-refractivity contribution in [1.29, 1.82) is 0 Å². The van der Waals surface area contributed by atoms with Crippen molar-refractivity contribution >= 4 is 23.7 Å². The fourth-order valence-electron chi connectivity index (χ4n) is 2.20. The first kappa shape index (κ1) is 13.9. The van der Waals surface area contributed by atoms with Gasteiger partial charge in [-0.05, 0) is 26.3 Å². The maximum Gasteiger partial charge on any atom is 0.0971 e. The quantitative estimate of drug-likeness (QED) is 0.905. The Morgan fingerprint density at radius 3 is 3.06 bits per heavy atom. The summed E-state index contributed by atoms with van der Waals surface area (Å²) in [4.78, 5) is 7.05. The van der Waals surface area contributed by atoms with Crippen molar-refractivity contribution in [2.75, 3.05) is 26.2 Å². The molecule has 2 rings (SSSR count). The van der Waals surface area contributed by atoms with Gasteiger partial charge in [0.05, 0.1) is 5.01 Å². The third kappa shape index (κ3) is 3.42. The Balaban J connectivity index is 0.00000128. The molecule has 1 aliphatic rings. The highest BCUT2D eigenvalue weighted by atomic mass is 35.5. The average Bonchev–Trinajstić information content (AvgIpc) is 2.66. The van der Waals surface area contributed by atoms with E-state index in [0.29, 0.717) is 5.92 Å². The molecule has 92 valence electrons. The molecule has 0 aliphatic carbocycles. The van der Waals surface area contributed by atoms with E-state index in [4.69, 9.17) is 5.73 Å². The number of thiazole rings is 1. The molecule has 0 bridgehead atoms. The van der Waals surface area contributed by atoms with Crippen molar-refractivity contribution < 1.29 is 0 Å². The van der Waals surface area contributed by atoms with Crippen LogP contribution in [0.1, 0.15) is 29.5 Å². The topological polar surface area (TPSA) is 42.1 Å². The first-order valence-electron chi connectivity index (χ1n) is 5.64. The van der Waals surface area contributed by atoms with Gasteiger partial charge in [0, 0.05) is 36.6 Å². The maximum atomic E-state index is 5.59. The Morgan fingerprint density at radius 2 is 2.44 bits per heavy atom. The zero-order chi connectivity index (χ0) is 10.7. The lowest BCUT2D eigenvalue weighted by Crippen LogP contribution is -2.37. The van der Waals surface area contributed by atoms with Gasteiger partial charge in [-0.3, -0.25) is 0 Å². The number of hydrogen-bond donors (Lipinski definition) is 1. The summed E-state index contributed by atoms with van der Waals surface area (Å²) in [5, 5.41) is 3.46. The molecule has 1 fully saturated rings. The van der Waals surface area contributed by atoms with Crippen LogP contribution in [0.3, 0.4) is 0 Å². The molecule has 0 saturated carbocycles. The second-order valence-electron chi connectivity index (χ2n) is 4.26. The summed E-state index contributed by atoms with van der Waals surface area (Å²) in [5.74, 6) is 0.643. The average molecular weight is 262 g/mol. The third-order valence-electron chi connectivity index (χ3n) is 2.94. The van der Waals surface area contributed by atoms with Gasteiger partial charge in [-0.25, -0.2) is 4.98 Å². The first-order valence-corrected chi connectivity index (χ1v) is 6.52. The van der Waals surface area contributed by atoms with Crippen LogP contribution in [0.25, 0.3) is 0 Å². The second-order valence-corrected chi connectivity index (χ2v) is 5.15. The zero-order valence-corrected chi connectivity index (χ0v) is 11.3. The summed E-state index contributed by atoms with van der Waals surface area (Å²) in [5.41, 5.74) is 6.75. The number of nitrogens with zero attached hydrogens (tertiary/aromatic N) is 2. The summed E-state index contributed by atoms with van der Waals surface area (Å²) in [6, 6.07) is 0. The number of aromatic nitrogens is 1. The van der Waals surface area contributed by atoms with E-state index in [1.165, 1.54) is 24.4 Å². The number of hydrogen-bond acceptors (Lipinski definition) is 4. The lowest BCUT2D eigenvalue weighted by Gasteiger charge is -2.31. The molecule has 1 unspecified atom stereocenters. The predicted octanol–water partition coefficient (Wildman–Crippen LogP) is 2.01. The lowest BCUT2D eigenvalue weighted by atomic mass is 9.99. The third-order valence-corrected chi connectivity index (χ3v) is 4.06. The Labute approximate surface area is 107 Å². The Hall–Kier alpha value is -0.160. The minimum absolute atomic E-state index is 0. The van der Waals surface area contributed by atoms with Crippen LogP contribution in [0.2, 0.25) is 0 Å².